The third-order valence-corrected chi connectivity index (χ3v) is 8.10. The molecule has 2 N–H and O–H groups in total. The van der Waals surface area contributed by atoms with Crippen LogP contribution in [0.2, 0.25) is 0 Å². The van der Waals surface area contributed by atoms with E-state index in [0.29, 0.717) is 32.2 Å². The van der Waals surface area contributed by atoms with Crippen molar-refractivity contribution in [2.45, 2.75) is 62.9 Å². The van der Waals surface area contributed by atoms with Crippen LogP contribution in [0.1, 0.15) is 62.5 Å². The van der Waals surface area contributed by atoms with E-state index in [0.717, 1.165) is 24.0 Å². The van der Waals surface area contributed by atoms with Crippen molar-refractivity contribution in [2.75, 3.05) is 13.2 Å². The molecule has 0 unspecified atom stereocenters. The van der Waals surface area contributed by atoms with Gasteiger partial charge in [0.15, 0.2) is 0 Å². The number of fused-ring (bicyclic) bond motifs is 3. The lowest BCUT2D eigenvalue weighted by molar-refractivity contribution is -0.157. The minimum Gasteiger partial charge on any atom is -0.480 e. The molecule has 1 saturated heterocycles. The minimum atomic E-state index is -1.18. The fourth-order valence-electron chi connectivity index (χ4n) is 6.13. The molecule has 1 aliphatic heterocycles. The van der Waals surface area contributed by atoms with E-state index in [9.17, 15) is 19.5 Å². The van der Waals surface area contributed by atoms with Crippen molar-refractivity contribution in [3.63, 3.8) is 0 Å². The van der Waals surface area contributed by atoms with E-state index in [-0.39, 0.29) is 24.5 Å². The number of nitrogens with zero attached hydrogens (tertiary/aromatic N) is 1. The lowest BCUT2D eigenvalue weighted by Gasteiger charge is -2.38. The number of likely N-dealkylation sites (tertiary alicyclic amines) is 1. The second kappa shape index (κ2) is 9.36. The van der Waals surface area contributed by atoms with Crippen LogP contribution >= 0.6 is 0 Å². The molecule has 1 saturated carbocycles. The quantitative estimate of drug-likeness (QED) is 0.660. The molecule has 7 heteroatoms. The topological polar surface area (TPSA) is 95.9 Å². The summed E-state index contributed by atoms with van der Waals surface area (Å²) in [4.78, 5) is 39.7. The monoisotopic (exact) mass is 476 g/mol. The van der Waals surface area contributed by atoms with Gasteiger partial charge in [-0.3, -0.25) is 4.79 Å². The Labute approximate surface area is 205 Å². The highest BCUT2D eigenvalue weighted by molar-refractivity contribution is 5.89. The number of aliphatic carboxylic acids is 1. The molecule has 5 rings (SSSR count). The van der Waals surface area contributed by atoms with Crippen LogP contribution in [-0.2, 0) is 14.3 Å². The smallest absolute Gasteiger partial charge is 0.407 e. The van der Waals surface area contributed by atoms with Crippen LogP contribution in [-0.4, -0.2) is 52.7 Å². The number of hydrogen-bond donors (Lipinski definition) is 2. The summed E-state index contributed by atoms with van der Waals surface area (Å²) in [7, 11) is 0. The summed E-state index contributed by atoms with van der Waals surface area (Å²) in [5.41, 5.74) is 3.45. The Kier molecular flexibility index (Phi) is 6.26. The van der Waals surface area contributed by atoms with Crippen molar-refractivity contribution in [3.8, 4) is 11.1 Å². The van der Waals surface area contributed by atoms with E-state index < -0.39 is 23.5 Å². The molecule has 0 bridgehead atoms. The Morgan fingerprint density at radius 3 is 2.29 bits per heavy atom. The van der Waals surface area contributed by atoms with E-state index in [1.165, 1.54) is 16.0 Å². The zero-order valence-corrected chi connectivity index (χ0v) is 20.0. The van der Waals surface area contributed by atoms with Gasteiger partial charge in [-0.2, -0.15) is 0 Å². The molecular weight excluding hydrogens is 444 g/mol. The zero-order chi connectivity index (χ0) is 24.6. The number of alkyl carbamates (subject to hydrolysis) is 1. The largest absolute Gasteiger partial charge is 0.480 e. The molecule has 3 atom stereocenters. The Hall–Kier alpha value is -3.35. The molecule has 0 aromatic heterocycles. The number of rotatable bonds is 5. The SMILES string of the molecule is C[C@@]1(C(=O)O)CCCN1C(=O)[C@H]1CCCC[C@H]1NC(=O)OCC1c2ccccc2-c2ccccc21. The second-order valence-electron chi connectivity index (χ2n) is 10.1. The van der Waals surface area contributed by atoms with Gasteiger partial charge in [0.2, 0.25) is 5.91 Å². The van der Waals surface area contributed by atoms with Crippen molar-refractivity contribution in [1.82, 2.24) is 10.2 Å². The van der Waals surface area contributed by atoms with E-state index in [1.54, 1.807) is 6.92 Å². The maximum Gasteiger partial charge on any atom is 0.407 e. The Balaban J connectivity index is 1.26. The summed E-state index contributed by atoms with van der Waals surface area (Å²) in [6, 6.07) is 16.0. The molecule has 0 radical (unpaired) electrons. The molecule has 2 aromatic rings. The van der Waals surface area contributed by atoms with E-state index in [1.807, 2.05) is 24.3 Å². The number of carbonyl (C=O) groups is 3. The standard InChI is InChI=1S/C28H32N2O5/c1-28(26(32)33)15-8-16-30(28)25(31)22-13-6-7-14-24(22)29-27(34)35-17-23-20-11-4-2-9-18(20)19-10-3-5-12-21(19)23/h2-5,9-12,22-24H,6-8,13-17H2,1H3,(H,29,34)(H,32,33)/t22-,24+,28-/m0/s1. The molecule has 2 aromatic carbocycles. The molecule has 35 heavy (non-hydrogen) atoms. The number of ether oxygens (including phenoxy) is 1. The molecule has 2 aliphatic carbocycles. The molecule has 2 fully saturated rings. The molecule has 3 aliphatic rings. The molecule has 2 amide bonds. The number of amides is 2. The van der Waals surface area contributed by atoms with Crippen molar-refractivity contribution in [1.29, 1.82) is 0 Å². The predicted molar refractivity (Wildman–Crippen MR) is 131 cm³/mol. The lowest BCUT2D eigenvalue weighted by atomic mass is 9.82. The molecular formula is C28H32N2O5. The van der Waals surface area contributed by atoms with Crippen LogP contribution in [0.5, 0.6) is 0 Å². The normalized spacial score (nSPS) is 25.6. The fraction of sp³-hybridized carbons (Fsp3) is 0.464. The van der Waals surface area contributed by atoms with Crippen LogP contribution in [0.4, 0.5) is 4.79 Å². The average Bonchev–Trinajstić information content (AvgIpc) is 3.42. The van der Waals surface area contributed by atoms with Crippen molar-refractivity contribution >= 4 is 18.0 Å². The summed E-state index contributed by atoms with van der Waals surface area (Å²) in [5.74, 6) is -1.60. The average molecular weight is 477 g/mol. The Morgan fingerprint density at radius 2 is 1.63 bits per heavy atom. The molecule has 184 valence electrons. The van der Waals surface area contributed by atoms with Crippen molar-refractivity contribution in [2.24, 2.45) is 5.92 Å². The first-order chi connectivity index (χ1) is 16.9. The number of nitrogens with one attached hydrogen (secondary N) is 1. The highest BCUT2D eigenvalue weighted by atomic mass is 16.5. The van der Waals surface area contributed by atoms with E-state index >= 15 is 0 Å². The van der Waals surface area contributed by atoms with Crippen molar-refractivity contribution < 1.29 is 24.2 Å². The number of carboxylic acids is 1. The fourth-order valence-corrected chi connectivity index (χ4v) is 6.13. The van der Waals surface area contributed by atoms with Gasteiger partial charge in [-0.1, -0.05) is 61.4 Å². The zero-order valence-electron chi connectivity index (χ0n) is 20.0. The number of benzene rings is 2. The first-order valence-corrected chi connectivity index (χ1v) is 12.6. The van der Waals surface area contributed by atoms with Crippen LogP contribution < -0.4 is 5.32 Å². The summed E-state index contributed by atoms with van der Waals surface area (Å²) in [6.45, 7) is 2.28. The lowest BCUT2D eigenvalue weighted by Crippen LogP contribution is -2.56. The highest BCUT2D eigenvalue weighted by Crippen LogP contribution is 2.44. The van der Waals surface area contributed by atoms with Gasteiger partial charge in [-0.25, -0.2) is 9.59 Å². The van der Waals surface area contributed by atoms with Gasteiger partial charge in [0.1, 0.15) is 12.1 Å². The summed E-state index contributed by atoms with van der Waals surface area (Å²) < 4.78 is 5.71. The first kappa shape index (κ1) is 23.4. The predicted octanol–water partition coefficient (Wildman–Crippen LogP) is 4.55. The van der Waals surface area contributed by atoms with Crippen molar-refractivity contribution in [3.05, 3.63) is 59.7 Å². The van der Waals surface area contributed by atoms with Gasteiger partial charge in [0, 0.05) is 18.5 Å². The van der Waals surface area contributed by atoms with Gasteiger partial charge in [-0.05, 0) is 54.9 Å². The maximum atomic E-state index is 13.4. The van der Waals surface area contributed by atoms with Gasteiger partial charge >= 0.3 is 12.1 Å². The van der Waals surface area contributed by atoms with E-state index in [2.05, 4.69) is 29.6 Å². The van der Waals surface area contributed by atoms with Crippen LogP contribution in [0, 0.1) is 5.92 Å². The third kappa shape index (κ3) is 4.17. The number of carbonyl (C=O) groups excluding carboxylic acids is 2. The Bertz CT molecular complexity index is 1100. The second-order valence-corrected chi connectivity index (χ2v) is 10.1. The van der Waals surface area contributed by atoms with Gasteiger partial charge in [0.25, 0.3) is 0 Å². The summed E-state index contributed by atoms with van der Waals surface area (Å²) in [5, 5.41) is 12.7. The maximum absolute atomic E-state index is 13.4. The van der Waals surface area contributed by atoms with E-state index in [4.69, 9.17) is 4.74 Å². The summed E-state index contributed by atoms with van der Waals surface area (Å²) >= 11 is 0. The van der Waals surface area contributed by atoms with Crippen LogP contribution in [0.15, 0.2) is 48.5 Å². The van der Waals surface area contributed by atoms with Crippen LogP contribution in [0.25, 0.3) is 11.1 Å². The first-order valence-electron chi connectivity index (χ1n) is 12.6. The van der Waals surface area contributed by atoms with Gasteiger partial charge in [0.05, 0.1) is 5.92 Å². The number of hydrogen-bond acceptors (Lipinski definition) is 4. The third-order valence-electron chi connectivity index (χ3n) is 8.10. The van der Waals surface area contributed by atoms with Gasteiger partial charge in [-0.15, -0.1) is 0 Å². The summed E-state index contributed by atoms with van der Waals surface area (Å²) in [6.07, 6.45) is 3.71. The van der Waals surface area contributed by atoms with Gasteiger partial charge < -0.3 is 20.1 Å². The minimum absolute atomic E-state index is 0.0298. The number of carboxylic acid groups (broad SMARTS) is 1. The molecule has 7 nitrogen and oxygen atoms in total. The molecule has 1 heterocycles. The van der Waals surface area contributed by atoms with Crippen LogP contribution in [0.3, 0.4) is 0 Å². The Morgan fingerprint density at radius 1 is 1.00 bits per heavy atom. The highest BCUT2D eigenvalue weighted by Gasteiger charge is 2.48. The molecule has 0 spiro atoms.